The highest BCUT2D eigenvalue weighted by atomic mass is 32.1. The standard InChI is InChI=1S/C35H34N2O6S/c1-5-43-35(40)29-22-37(20-26-13-9-10-14-30(26)42-4)34-31(32(29)39)28(33(44-34)25-15-17-27(41-3)18-16-25)21-36(23(2)38)19-24-11-7-6-8-12-24/h6-18,22H,5,19-21H2,1-4H3. The number of ether oxygens (including phenoxy) is 3. The Balaban J connectivity index is 1.77. The molecule has 2 aromatic heterocycles. The number of para-hydroxylation sites is 1. The summed E-state index contributed by atoms with van der Waals surface area (Å²) in [5, 5.41) is 0.389. The van der Waals surface area contributed by atoms with Gasteiger partial charge in [-0.25, -0.2) is 4.79 Å². The average molecular weight is 611 g/mol. The van der Waals surface area contributed by atoms with Gasteiger partial charge in [-0.1, -0.05) is 48.5 Å². The minimum absolute atomic E-state index is 0.0630. The van der Waals surface area contributed by atoms with Crippen molar-refractivity contribution < 1.29 is 23.8 Å². The molecule has 1 amide bonds. The number of benzene rings is 3. The van der Waals surface area contributed by atoms with Gasteiger partial charge < -0.3 is 23.7 Å². The summed E-state index contributed by atoms with van der Waals surface area (Å²) in [6.45, 7) is 4.23. The van der Waals surface area contributed by atoms with Crippen LogP contribution in [0, 0.1) is 0 Å². The molecule has 44 heavy (non-hydrogen) atoms. The molecule has 8 nitrogen and oxygen atoms in total. The first-order valence-corrected chi connectivity index (χ1v) is 15.1. The number of rotatable bonds is 11. The second-order valence-electron chi connectivity index (χ2n) is 10.2. The van der Waals surface area contributed by atoms with Crippen LogP contribution in [0.3, 0.4) is 0 Å². The Morgan fingerprint density at radius 2 is 1.59 bits per heavy atom. The van der Waals surface area contributed by atoms with Crippen LogP contribution in [0.1, 0.15) is 40.9 Å². The Bertz CT molecular complexity index is 1840. The summed E-state index contributed by atoms with van der Waals surface area (Å²) in [5.74, 6) is 0.565. The number of esters is 1. The van der Waals surface area contributed by atoms with E-state index in [0.29, 0.717) is 40.4 Å². The van der Waals surface area contributed by atoms with E-state index < -0.39 is 11.4 Å². The lowest BCUT2D eigenvalue weighted by Crippen LogP contribution is -2.28. The fourth-order valence-corrected chi connectivity index (χ4v) is 6.47. The van der Waals surface area contributed by atoms with Crippen molar-refractivity contribution >= 4 is 33.4 Å². The molecule has 0 saturated carbocycles. The Hall–Kier alpha value is -4.89. The van der Waals surface area contributed by atoms with Gasteiger partial charge >= 0.3 is 5.97 Å². The van der Waals surface area contributed by atoms with Gasteiger partial charge in [-0.2, -0.15) is 0 Å². The molecule has 0 saturated heterocycles. The predicted octanol–water partition coefficient (Wildman–Crippen LogP) is 6.52. The lowest BCUT2D eigenvalue weighted by Gasteiger charge is -2.22. The Labute approximate surface area is 260 Å². The fourth-order valence-electron chi connectivity index (χ4n) is 5.18. The Morgan fingerprint density at radius 3 is 2.25 bits per heavy atom. The molecule has 0 aliphatic rings. The van der Waals surface area contributed by atoms with Crippen molar-refractivity contribution in [2.75, 3.05) is 20.8 Å². The van der Waals surface area contributed by atoms with Crippen molar-refractivity contribution in [1.29, 1.82) is 0 Å². The fraction of sp³-hybridized carbons (Fsp3) is 0.229. The maximum Gasteiger partial charge on any atom is 0.343 e. The number of aromatic nitrogens is 1. The van der Waals surface area contributed by atoms with E-state index in [0.717, 1.165) is 21.6 Å². The number of amides is 1. The van der Waals surface area contributed by atoms with Crippen LogP contribution < -0.4 is 14.9 Å². The molecule has 0 N–H and O–H groups in total. The number of methoxy groups -OCH3 is 2. The number of thiophene rings is 1. The van der Waals surface area contributed by atoms with Gasteiger partial charge in [0.15, 0.2) is 0 Å². The molecule has 226 valence electrons. The molecule has 9 heteroatoms. The first-order valence-electron chi connectivity index (χ1n) is 14.3. The third-order valence-corrected chi connectivity index (χ3v) is 8.72. The Kier molecular flexibility index (Phi) is 9.45. The zero-order chi connectivity index (χ0) is 31.2. The third kappa shape index (κ3) is 6.38. The zero-order valence-electron chi connectivity index (χ0n) is 25.2. The van der Waals surface area contributed by atoms with Gasteiger partial charge in [0, 0.05) is 42.2 Å². The molecular formula is C35H34N2O6S. The lowest BCUT2D eigenvalue weighted by atomic mass is 10.0. The summed E-state index contributed by atoms with van der Waals surface area (Å²) in [7, 11) is 3.22. The second-order valence-corrected chi connectivity index (χ2v) is 11.2. The minimum Gasteiger partial charge on any atom is -0.497 e. The van der Waals surface area contributed by atoms with E-state index in [2.05, 4.69) is 0 Å². The summed E-state index contributed by atoms with van der Waals surface area (Å²) in [5.41, 5.74) is 2.90. The van der Waals surface area contributed by atoms with Crippen LogP contribution in [-0.2, 0) is 29.2 Å². The van der Waals surface area contributed by atoms with Crippen LogP contribution in [0.25, 0.3) is 20.7 Å². The molecule has 3 aromatic carbocycles. The zero-order valence-corrected chi connectivity index (χ0v) is 26.0. The van der Waals surface area contributed by atoms with Gasteiger partial charge in [0.25, 0.3) is 0 Å². The van der Waals surface area contributed by atoms with Crippen LogP contribution in [0.15, 0.2) is 89.9 Å². The van der Waals surface area contributed by atoms with E-state index in [-0.39, 0.29) is 24.6 Å². The van der Waals surface area contributed by atoms with Crippen molar-refractivity contribution in [3.05, 3.63) is 118 Å². The number of fused-ring (bicyclic) bond motifs is 1. The van der Waals surface area contributed by atoms with Gasteiger partial charge in [-0.15, -0.1) is 11.3 Å². The van der Waals surface area contributed by atoms with Crippen molar-refractivity contribution in [2.45, 2.75) is 33.5 Å². The maximum atomic E-state index is 14.2. The van der Waals surface area contributed by atoms with E-state index >= 15 is 0 Å². The summed E-state index contributed by atoms with van der Waals surface area (Å²) in [4.78, 5) is 43.6. The van der Waals surface area contributed by atoms with Crippen LogP contribution in [0.2, 0.25) is 0 Å². The molecule has 0 radical (unpaired) electrons. The van der Waals surface area contributed by atoms with E-state index in [4.69, 9.17) is 14.2 Å². The number of hydrogen-bond acceptors (Lipinski definition) is 7. The quantitative estimate of drug-likeness (QED) is 0.158. The highest BCUT2D eigenvalue weighted by Gasteiger charge is 2.26. The van der Waals surface area contributed by atoms with E-state index in [1.807, 2.05) is 83.4 Å². The summed E-state index contributed by atoms with van der Waals surface area (Å²) < 4.78 is 18.2. The van der Waals surface area contributed by atoms with Crippen LogP contribution >= 0.6 is 11.3 Å². The predicted molar refractivity (Wildman–Crippen MR) is 172 cm³/mol. The van der Waals surface area contributed by atoms with Gasteiger partial charge in [-0.05, 0) is 48.4 Å². The van der Waals surface area contributed by atoms with E-state index in [1.54, 1.807) is 32.2 Å². The molecule has 0 fully saturated rings. The molecule has 0 bridgehead atoms. The molecule has 0 unspecified atom stereocenters. The summed E-state index contributed by atoms with van der Waals surface area (Å²) >= 11 is 1.45. The average Bonchev–Trinajstić information content (AvgIpc) is 3.42. The summed E-state index contributed by atoms with van der Waals surface area (Å²) in [6.07, 6.45) is 1.57. The topological polar surface area (TPSA) is 87.1 Å². The first-order chi connectivity index (χ1) is 21.3. The highest BCUT2D eigenvalue weighted by Crippen LogP contribution is 2.40. The molecular weight excluding hydrogens is 576 g/mol. The maximum absolute atomic E-state index is 14.2. The lowest BCUT2D eigenvalue weighted by molar-refractivity contribution is -0.130. The molecule has 0 aliphatic heterocycles. The SMILES string of the molecule is CCOC(=O)c1cn(Cc2ccccc2OC)c2sc(-c3ccc(OC)cc3)c(CN(Cc3ccccc3)C(C)=O)c2c1=O. The number of hydrogen-bond donors (Lipinski definition) is 0. The van der Waals surface area contributed by atoms with Gasteiger partial charge in [0.1, 0.15) is 21.9 Å². The molecule has 0 atom stereocenters. The van der Waals surface area contributed by atoms with Crippen molar-refractivity contribution in [3.63, 3.8) is 0 Å². The number of nitrogens with zero attached hydrogens (tertiary/aromatic N) is 2. The molecule has 0 aliphatic carbocycles. The highest BCUT2D eigenvalue weighted by molar-refractivity contribution is 7.22. The van der Waals surface area contributed by atoms with Crippen LogP contribution in [0.5, 0.6) is 11.5 Å². The largest absolute Gasteiger partial charge is 0.497 e. The monoisotopic (exact) mass is 610 g/mol. The molecule has 5 rings (SSSR count). The van der Waals surface area contributed by atoms with Gasteiger partial charge in [0.2, 0.25) is 11.3 Å². The van der Waals surface area contributed by atoms with Crippen molar-refractivity contribution in [3.8, 4) is 21.9 Å². The second kappa shape index (κ2) is 13.6. The first kappa shape index (κ1) is 30.6. The minimum atomic E-state index is -0.691. The number of carbonyl (C=O) groups excluding carboxylic acids is 2. The van der Waals surface area contributed by atoms with Crippen LogP contribution in [0.4, 0.5) is 0 Å². The van der Waals surface area contributed by atoms with Gasteiger partial charge in [-0.3, -0.25) is 9.59 Å². The van der Waals surface area contributed by atoms with Crippen molar-refractivity contribution in [1.82, 2.24) is 9.47 Å². The smallest absolute Gasteiger partial charge is 0.343 e. The van der Waals surface area contributed by atoms with E-state index in [1.165, 1.54) is 18.3 Å². The molecule has 0 spiro atoms. The Morgan fingerprint density at radius 1 is 0.886 bits per heavy atom. The normalized spacial score (nSPS) is 10.9. The van der Waals surface area contributed by atoms with E-state index in [9.17, 15) is 14.4 Å². The molecule has 2 heterocycles. The number of carbonyl (C=O) groups is 2. The van der Waals surface area contributed by atoms with Crippen LogP contribution in [-0.4, -0.2) is 42.2 Å². The number of pyridine rings is 1. The summed E-state index contributed by atoms with van der Waals surface area (Å²) in [6, 6.07) is 24.9. The third-order valence-electron chi connectivity index (χ3n) is 7.40. The van der Waals surface area contributed by atoms with Gasteiger partial charge in [0.05, 0.1) is 32.8 Å². The van der Waals surface area contributed by atoms with Crippen molar-refractivity contribution in [2.24, 2.45) is 0 Å². The molecule has 5 aromatic rings.